The van der Waals surface area contributed by atoms with Crippen LogP contribution >= 0.6 is 0 Å². The fraction of sp³-hybridized carbons (Fsp3) is 0.647. The van der Waals surface area contributed by atoms with Crippen molar-refractivity contribution >= 4 is 5.69 Å². The van der Waals surface area contributed by atoms with Gasteiger partial charge >= 0.3 is 0 Å². The third-order valence-electron chi connectivity index (χ3n) is 4.58. The van der Waals surface area contributed by atoms with Crippen molar-refractivity contribution in [1.29, 1.82) is 0 Å². The number of benzene rings is 1. The molecule has 3 nitrogen and oxygen atoms in total. The molecule has 20 heavy (non-hydrogen) atoms. The third-order valence-corrected chi connectivity index (χ3v) is 4.58. The van der Waals surface area contributed by atoms with Crippen LogP contribution in [0.3, 0.4) is 0 Å². The van der Waals surface area contributed by atoms with Gasteiger partial charge < -0.3 is 15.1 Å². The van der Waals surface area contributed by atoms with Crippen LogP contribution in [-0.4, -0.2) is 44.7 Å². The molecular weight excluding hydrogens is 246 g/mol. The summed E-state index contributed by atoms with van der Waals surface area (Å²) in [6.45, 7) is 4.68. The van der Waals surface area contributed by atoms with Crippen molar-refractivity contribution in [2.24, 2.45) is 5.92 Å². The molecule has 1 atom stereocenters. The first-order valence-electron chi connectivity index (χ1n) is 7.93. The van der Waals surface area contributed by atoms with Crippen molar-refractivity contribution in [3.05, 3.63) is 29.8 Å². The molecule has 0 bridgehead atoms. The van der Waals surface area contributed by atoms with Crippen molar-refractivity contribution in [3.63, 3.8) is 0 Å². The summed E-state index contributed by atoms with van der Waals surface area (Å²) in [7, 11) is 4.47. The van der Waals surface area contributed by atoms with Crippen LogP contribution in [0.2, 0.25) is 0 Å². The average Bonchev–Trinajstić information content (AvgIpc) is 3.19. The summed E-state index contributed by atoms with van der Waals surface area (Å²) < 4.78 is 0. The van der Waals surface area contributed by atoms with E-state index in [0.717, 1.165) is 18.5 Å². The molecule has 1 saturated carbocycles. The van der Waals surface area contributed by atoms with Gasteiger partial charge in [0.05, 0.1) is 0 Å². The number of likely N-dealkylation sites (tertiary alicyclic amines) is 1. The fourth-order valence-electron chi connectivity index (χ4n) is 3.24. The van der Waals surface area contributed by atoms with Gasteiger partial charge in [0.15, 0.2) is 0 Å². The van der Waals surface area contributed by atoms with Crippen LogP contribution in [-0.2, 0) is 6.54 Å². The minimum Gasteiger partial charge on any atom is -0.374 e. The average molecular weight is 273 g/mol. The lowest BCUT2D eigenvalue weighted by Gasteiger charge is -2.25. The Labute approximate surface area is 123 Å². The number of hydrogen-bond donors (Lipinski definition) is 1. The van der Waals surface area contributed by atoms with Crippen LogP contribution in [0.1, 0.15) is 24.8 Å². The smallest absolute Gasteiger partial charge is 0.0409 e. The van der Waals surface area contributed by atoms with Crippen molar-refractivity contribution < 1.29 is 0 Å². The first-order valence-corrected chi connectivity index (χ1v) is 7.93. The molecule has 1 heterocycles. The molecule has 1 N–H and O–H groups in total. The molecule has 1 aromatic carbocycles. The predicted molar refractivity (Wildman–Crippen MR) is 85.2 cm³/mol. The molecule has 1 unspecified atom stereocenters. The van der Waals surface area contributed by atoms with Crippen LogP contribution in [0, 0.1) is 5.92 Å². The SMILES string of the molecule is CN1CCC(CN(C)c2ccccc2CNC2CC2)C1. The number of hydrogen-bond acceptors (Lipinski definition) is 3. The van der Waals surface area contributed by atoms with Gasteiger partial charge in [-0.2, -0.15) is 0 Å². The van der Waals surface area contributed by atoms with Crippen molar-refractivity contribution in [2.75, 3.05) is 38.6 Å². The summed E-state index contributed by atoms with van der Waals surface area (Å²) in [6, 6.07) is 9.62. The highest BCUT2D eigenvalue weighted by Crippen LogP contribution is 2.25. The maximum atomic E-state index is 3.63. The highest BCUT2D eigenvalue weighted by molar-refractivity contribution is 5.53. The first kappa shape index (κ1) is 13.9. The molecule has 0 aromatic heterocycles. The first-order chi connectivity index (χ1) is 9.72. The van der Waals surface area contributed by atoms with Crippen molar-refractivity contribution in [2.45, 2.75) is 31.8 Å². The number of nitrogens with zero attached hydrogens (tertiary/aromatic N) is 2. The monoisotopic (exact) mass is 273 g/mol. The van der Waals surface area contributed by atoms with Gasteiger partial charge in [0.25, 0.3) is 0 Å². The normalized spacial score (nSPS) is 23.2. The lowest BCUT2D eigenvalue weighted by atomic mass is 10.1. The minimum atomic E-state index is 0.775. The highest BCUT2D eigenvalue weighted by Gasteiger charge is 2.23. The Bertz CT molecular complexity index is 442. The second-order valence-corrected chi connectivity index (χ2v) is 6.58. The number of para-hydroxylation sites is 1. The van der Waals surface area contributed by atoms with Crippen LogP contribution in [0.15, 0.2) is 24.3 Å². The summed E-state index contributed by atoms with van der Waals surface area (Å²) in [4.78, 5) is 4.90. The Kier molecular flexibility index (Phi) is 4.27. The molecule has 1 saturated heterocycles. The van der Waals surface area contributed by atoms with E-state index in [1.807, 2.05) is 0 Å². The topological polar surface area (TPSA) is 18.5 Å². The number of nitrogens with one attached hydrogen (secondary N) is 1. The Morgan fingerprint density at radius 2 is 2.05 bits per heavy atom. The zero-order valence-corrected chi connectivity index (χ0v) is 12.8. The van der Waals surface area contributed by atoms with Gasteiger partial charge in [-0.05, 0) is 50.4 Å². The number of anilines is 1. The maximum absolute atomic E-state index is 3.63. The Hall–Kier alpha value is -1.06. The molecule has 3 rings (SSSR count). The van der Waals surface area contributed by atoms with Gasteiger partial charge in [0, 0.05) is 38.4 Å². The van der Waals surface area contributed by atoms with E-state index in [2.05, 4.69) is 53.5 Å². The zero-order chi connectivity index (χ0) is 13.9. The molecule has 1 aliphatic carbocycles. The molecule has 2 fully saturated rings. The zero-order valence-electron chi connectivity index (χ0n) is 12.8. The van der Waals surface area contributed by atoms with E-state index in [4.69, 9.17) is 0 Å². The van der Waals surface area contributed by atoms with Crippen molar-refractivity contribution in [1.82, 2.24) is 10.2 Å². The van der Waals surface area contributed by atoms with E-state index < -0.39 is 0 Å². The maximum Gasteiger partial charge on any atom is 0.0409 e. The molecule has 0 radical (unpaired) electrons. The lowest BCUT2D eigenvalue weighted by molar-refractivity contribution is 0.396. The summed E-state index contributed by atoms with van der Waals surface area (Å²) in [5.41, 5.74) is 2.84. The van der Waals surface area contributed by atoms with Gasteiger partial charge in [0.1, 0.15) is 0 Å². The largest absolute Gasteiger partial charge is 0.374 e. The van der Waals surface area contributed by atoms with Crippen LogP contribution in [0.25, 0.3) is 0 Å². The molecule has 2 aliphatic rings. The van der Waals surface area contributed by atoms with Gasteiger partial charge in [-0.25, -0.2) is 0 Å². The minimum absolute atomic E-state index is 0.775. The summed E-state index contributed by atoms with van der Waals surface area (Å²) in [5.74, 6) is 0.814. The molecule has 3 heteroatoms. The summed E-state index contributed by atoms with van der Waals surface area (Å²) in [6.07, 6.45) is 4.04. The van der Waals surface area contributed by atoms with E-state index in [1.165, 1.54) is 50.1 Å². The standard InChI is InChI=1S/C17H27N3/c1-19-10-9-14(12-19)13-20(2)17-6-4-3-5-15(17)11-18-16-7-8-16/h3-6,14,16,18H,7-13H2,1-2H3. The third kappa shape index (κ3) is 3.53. The van der Waals surface area contributed by atoms with Crippen LogP contribution in [0.5, 0.6) is 0 Å². The van der Waals surface area contributed by atoms with E-state index in [1.54, 1.807) is 0 Å². The Morgan fingerprint density at radius 1 is 1.25 bits per heavy atom. The number of rotatable bonds is 6. The van der Waals surface area contributed by atoms with Gasteiger partial charge in [0.2, 0.25) is 0 Å². The van der Waals surface area contributed by atoms with E-state index in [9.17, 15) is 0 Å². The summed E-state index contributed by atoms with van der Waals surface area (Å²) in [5, 5.41) is 3.63. The van der Waals surface area contributed by atoms with E-state index >= 15 is 0 Å². The Morgan fingerprint density at radius 3 is 2.75 bits per heavy atom. The van der Waals surface area contributed by atoms with E-state index in [0.29, 0.717) is 0 Å². The highest BCUT2D eigenvalue weighted by atomic mass is 15.2. The fourth-order valence-corrected chi connectivity index (χ4v) is 3.24. The van der Waals surface area contributed by atoms with Crippen molar-refractivity contribution in [3.8, 4) is 0 Å². The van der Waals surface area contributed by atoms with Gasteiger partial charge in [-0.3, -0.25) is 0 Å². The van der Waals surface area contributed by atoms with Crippen LogP contribution in [0.4, 0.5) is 5.69 Å². The van der Waals surface area contributed by atoms with E-state index in [-0.39, 0.29) is 0 Å². The van der Waals surface area contributed by atoms with Gasteiger partial charge in [-0.1, -0.05) is 18.2 Å². The molecule has 1 aliphatic heterocycles. The quantitative estimate of drug-likeness (QED) is 0.858. The molecule has 0 spiro atoms. The summed E-state index contributed by atoms with van der Waals surface area (Å²) >= 11 is 0. The molecule has 0 amide bonds. The van der Waals surface area contributed by atoms with Gasteiger partial charge in [-0.15, -0.1) is 0 Å². The second kappa shape index (κ2) is 6.15. The molecular formula is C17H27N3. The molecule has 110 valence electrons. The van der Waals surface area contributed by atoms with Crippen LogP contribution < -0.4 is 10.2 Å². The Balaban J connectivity index is 1.61. The predicted octanol–water partition coefficient (Wildman–Crippen LogP) is 2.33. The molecule has 1 aromatic rings. The second-order valence-electron chi connectivity index (χ2n) is 6.58. The lowest BCUT2D eigenvalue weighted by Crippen LogP contribution is -2.28.